The first-order valence-electron chi connectivity index (χ1n) is 10.2. The van der Waals surface area contributed by atoms with Gasteiger partial charge in [-0.3, -0.25) is 4.79 Å². The summed E-state index contributed by atoms with van der Waals surface area (Å²) in [5, 5.41) is 13.2. The number of benzene rings is 3. The number of anilines is 1. The van der Waals surface area contributed by atoms with Crippen molar-refractivity contribution in [3.8, 4) is 11.3 Å². The Kier molecular flexibility index (Phi) is 6.83. The highest BCUT2D eigenvalue weighted by molar-refractivity contribution is 5.92. The third kappa shape index (κ3) is 4.87. The molecule has 1 unspecified atom stereocenters. The Morgan fingerprint density at radius 1 is 0.829 bits per heavy atom. The van der Waals surface area contributed by atoms with Gasteiger partial charge in [0.25, 0.3) is 0 Å². The zero-order valence-corrected chi connectivity index (χ0v) is 17.8. The zero-order chi connectivity index (χ0) is 25.1. The molecule has 0 aliphatic carbocycles. The Balaban J connectivity index is 1.70. The summed E-state index contributed by atoms with van der Waals surface area (Å²) in [7, 11) is 0. The van der Waals surface area contributed by atoms with Crippen LogP contribution in [0.25, 0.3) is 11.3 Å². The standard InChI is InChI=1S/C25H16F5N3O2/c26-18-15(19(27)21(29)22(30)20(18)28)11-17(34)33-25-23(24(35)14-9-5-2-6-10-14)32-16(12-31-25)13-7-3-1-4-8-13/h1-10,12,24,35H,11H2,(H,31,33,34). The maximum absolute atomic E-state index is 14.0. The summed E-state index contributed by atoms with van der Waals surface area (Å²) in [5.74, 6) is -12.2. The van der Waals surface area contributed by atoms with Gasteiger partial charge >= 0.3 is 0 Å². The van der Waals surface area contributed by atoms with Crippen molar-refractivity contribution < 1.29 is 31.9 Å². The lowest BCUT2D eigenvalue weighted by Gasteiger charge is -2.16. The van der Waals surface area contributed by atoms with Gasteiger partial charge in [0.15, 0.2) is 29.1 Å². The summed E-state index contributed by atoms with van der Waals surface area (Å²) in [6.45, 7) is 0. The fourth-order valence-electron chi connectivity index (χ4n) is 3.37. The van der Waals surface area contributed by atoms with Crippen LogP contribution in [-0.4, -0.2) is 21.0 Å². The van der Waals surface area contributed by atoms with Crippen molar-refractivity contribution in [3.63, 3.8) is 0 Å². The molecule has 0 fully saturated rings. The first-order valence-corrected chi connectivity index (χ1v) is 10.2. The van der Waals surface area contributed by atoms with Gasteiger partial charge in [-0.05, 0) is 5.56 Å². The highest BCUT2D eigenvalue weighted by Gasteiger charge is 2.28. The zero-order valence-electron chi connectivity index (χ0n) is 17.8. The SMILES string of the molecule is O=C(Cc1c(F)c(F)c(F)c(F)c1F)Nc1ncc(-c2ccccc2)nc1C(O)c1ccccc1. The molecular weight excluding hydrogens is 469 g/mol. The van der Waals surface area contributed by atoms with Crippen molar-refractivity contribution in [2.24, 2.45) is 0 Å². The van der Waals surface area contributed by atoms with Crippen molar-refractivity contribution in [1.29, 1.82) is 0 Å². The van der Waals surface area contributed by atoms with Crippen LogP contribution in [0.1, 0.15) is 22.9 Å². The van der Waals surface area contributed by atoms with Gasteiger partial charge < -0.3 is 10.4 Å². The maximum atomic E-state index is 14.0. The second kappa shape index (κ2) is 9.98. The van der Waals surface area contributed by atoms with Crippen LogP contribution in [0.2, 0.25) is 0 Å². The largest absolute Gasteiger partial charge is 0.382 e. The molecule has 0 aliphatic heterocycles. The lowest BCUT2D eigenvalue weighted by atomic mass is 10.1. The van der Waals surface area contributed by atoms with Gasteiger partial charge in [0.2, 0.25) is 11.7 Å². The minimum atomic E-state index is -2.32. The van der Waals surface area contributed by atoms with Crippen molar-refractivity contribution in [1.82, 2.24) is 9.97 Å². The van der Waals surface area contributed by atoms with E-state index in [9.17, 15) is 31.9 Å². The highest BCUT2D eigenvalue weighted by atomic mass is 19.2. The number of aliphatic hydroxyl groups is 1. The van der Waals surface area contributed by atoms with Gasteiger partial charge in [-0.1, -0.05) is 60.7 Å². The number of carbonyl (C=O) groups excluding carboxylic acids is 1. The maximum Gasteiger partial charge on any atom is 0.230 e. The number of carbonyl (C=O) groups is 1. The van der Waals surface area contributed by atoms with Crippen LogP contribution in [0.15, 0.2) is 66.9 Å². The molecule has 5 nitrogen and oxygen atoms in total. The molecule has 3 aromatic carbocycles. The van der Waals surface area contributed by atoms with E-state index in [1.807, 2.05) is 0 Å². The summed E-state index contributed by atoms with van der Waals surface area (Å²) >= 11 is 0. The Morgan fingerprint density at radius 3 is 1.97 bits per heavy atom. The van der Waals surface area contributed by atoms with Crippen LogP contribution in [0.3, 0.4) is 0 Å². The van der Waals surface area contributed by atoms with Crippen LogP contribution in [0.5, 0.6) is 0 Å². The Morgan fingerprint density at radius 2 is 1.37 bits per heavy atom. The number of nitrogens with zero attached hydrogens (tertiary/aromatic N) is 2. The van der Waals surface area contributed by atoms with Gasteiger partial charge in [-0.15, -0.1) is 0 Å². The third-order valence-electron chi connectivity index (χ3n) is 5.14. The second-order valence-corrected chi connectivity index (χ2v) is 7.44. The van der Waals surface area contributed by atoms with E-state index < -0.39 is 53.1 Å². The lowest BCUT2D eigenvalue weighted by molar-refractivity contribution is -0.115. The molecule has 4 aromatic rings. The molecule has 1 atom stereocenters. The molecule has 10 heteroatoms. The van der Waals surface area contributed by atoms with E-state index in [0.29, 0.717) is 16.8 Å². The highest BCUT2D eigenvalue weighted by Crippen LogP contribution is 2.29. The van der Waals surface area contributed by atoms with Gasteiger partial charge in [0.05, 0.1) is 18.3 Å². The molecular formula is C25H16F5N3O2. The molecule has 0 spiro atoms. The van der Waals surface area contributed by atoms with Crippen molar-refractivity contribution in [3.05, 3.63) is 113 Å². The molecule has 4 rings (SSSR count). The van der Waals surface area contributed by atoms with Crippen LogP contribution < -0.4 is 5.32 Å². The number of nitrogens with one attached hydrogen (secondary N) is 1. The van der Waals surface area contributed by atoms with E-state index in [1.54, 1.807) is 60.7 Å². The van der Waals surface area contributed by atoms with Crippen molar-refractivity contribution in [2.75, 3.05) is 5.32 Å². The summed E-state index contributed by atoms with van der Waals surface area (Å²) in [6, 6.07) is 17.1. The minimum Gasteiger partial charge on any atom is -0.382 e. The second-order valence-electron chi connectivity index (χ2n) is 7.44. The fourth-order valence-corrected chi connectivity index (χ4v) is 3.37. The summed E-state index contributed by atoms with van der Waals surface area (Å²) < 4.78 is 68.3. The number of halogens is 5. The van der Waals surface area contributed by atoms with Crippen molar-refractivity contribution >= 4 is 11.7 Å². The first kappa shape index (κ1) is 24.0. The fraction of sp³-hybridized carbons (Fsp3) is 0.0800. The van der Waals surface area contributed by atoms with Crippen LogP contribution in [0.4, 0.5) is 27.8 Å². The smallest absolute Gasteiger partial charge is 0.230 e. The topological polar surface area (TPSA) is 75.1 Å². The van der Waals surface area contributed by atoms with E-state index in [2.05, 4.69) is 15.3 Å². The molecule has 0 bridgehead atoms. The normalized spacial score (nSPS) is 11.8. The van der Waals surface area contributed by atoms with Crippen LogP contribution in [-0.2, 0) is 11.2 Å². The van der Waals surface area contributed by atoms with Crippen LogP contribution >= 0.6 is 0 Å². The molecule has 1 heterocycles. The quantitative estimate of drug-likeness (QED) is 0.226. The van der Waals surface area contributed by atoms with E-state index in [1.165, 1.54) is 6.20 Å². The molecule has 178 valence electrons. The summed E-state index contributed by atoms with van der Waals surface area (Å²) in [4.78, 5) is 21.1. The number of amides is 1. The first-order chi connectivity index (χ1) is 16.8. The summed E-state index contributed by atoms with van der Waals surface area (Å²) in [5.41, 5.74) is 0.0812. The number of rotatable bonds is 6. The Hall–Kier alpha value is -4.18. The number of hydrogen-bond donors (Lipinski definition) is 2. The van der Waals surface area contributed by atoms with Gasteiger partial charge in [0, 0.05) is 11.1 Å². The predicted octanol–water partition coefficient (Wildman–Crippen LogP) is 5.10. The molecule has 0 saturated heterocycles. The van der Waals surface area contributed by atoms with Crippen LogP contribution in [0, 0.1) is 29.1 Å². The van der Waals surface area contributed by atoms with E-state index in [0.717, 1.165) is 0 Å². The Bertz CT molecular complexity index is 1360. The molecule has 0 aliphatic rings. The lowest BCUT2D eigenvalue weighted by Crippen LogP contribution is -2.21. The van der Waals surface area contributed by atoms with Crippen molar-refractivity contribution in [2.45, 2.75) is 12.5 Å². The third-order valence-corrected chi connectivity index (χ3v) is 5.14. The molecule has 1 aromatic heterocycles. The van der Waals surface area contributed by atoms with E-state index in [-0.39, 0.29) is 11.5 Å². The van der Waals surface area contributed by atoms with Gasteiger partial charge in [0.1, 0.15) is 11.8 Å². The number of hydrogen-bond acceptors (Lipinski definition) is 4. The molecule has 35 heavy (non-hydrogen) atoms. The molecule has 0 radical (unpaired) electrons. The summed E-state index contributed by atoms with van der Waals surface area (Å²) in [6.07, 6.45) is -1.21. The minimum absolute atomic E-state index is 0.0803. The van der Waals surface area contributed by atoms with Gasteiger partial charge in [-0.25, -0.2) is 31.9 Å². The molecule has 0 saturated carbocycles. The average Bonchev–Trinajstić information content (AvgIpc) is 2.89. The van der Waals surface area contributed by atoms with Gasteiger partial charge in [-0.2, -0.15) is 0 Å². The van der Waals surface area contributed by atoms with E-state index >= 15 is 0 Å². The van der Waals surface area contributed by atoms with E-state index in [4.69, 9.17) is 0 Å². The average molecular weight is 485 g/mol. The number of aliphatic hydroxyl groups excluding tert-OH is 1. The number of aromatic nitrogens is 2. The molecule has 2 N–H and O–H groups in total. The Labute approximate surface area is 195 Å². The predicted molar refractivity (Wildman–Crippen MR) is 117 cm³/mol. The molecule has 1 amide bonds. The monoisotopic (exact) mass is 485 g/mol.